The lowest BCUT2D eigenvalue weighted by Gasteiger charge is -2.36. The van der Waals surface area contributed by atoms with Crippen molar-refractivity contribution in [2.24, 2.45) is 0 Å². The van der Waals surface area contributed by atoms with Gasteiger partial charge in [0.2, 0.25) is 0 Å². The molecule has 2 aromatic carbocycles. The van der Waals surface area contributed by atoms with Crippen LogP contribution in [0.1, 0.15) is 11.1 Å². The third-order valence-corrected chi connectivity index (χ3v) is 5.48. The molecule has 1 fully saturated rings. The summed E-state index contributed by atoms with van der Waals surface area (Å²) < 4.78 is 1.96. The average molecular weight is 361 g/mol. The molecule has 0 N–H and O–H groups in total. The van der Waals surface area contributed by atoms with E-state index in [0.29, 0.717) is 0 Å². The monoisotopic (exact) mass is 361 g/mol. The van der Waals surface area contributed by atoms with Gasteiger partial charge in [-0.2, -0.15) is 0 Å². The lowest BCUT2D eigenvalue weighted by Crippen LogP contribution is -2.47. The quantitative estimate of drug-likeness (QED) is 0.698. The van der Waals surface area contributed by atoms with Gasteiger partial charge in [0.05, 0.1) is 12.7 Å². The second-order valence-electron chi connectivity index (χ2n) is 7.33. The molecule has 4 rings (SSSR count). The van der Waals surface area contributed by atoms with Crippen LogP contribution in [0.15, 0.2) is 54.7 Å². The minimum absolute atomic E-state index is 0.878. The lowest BCUT2D eigenvalue weighted by molar-refractivity contribution is 0.244. The Balaban J connectivity index is 1.28. The fourth-order valence-electron chi connectivity index (χ4n) is 3.54. The zero-order chi connectivity index (χ0) is 18.6. The zero-order valence-electron chi connectivity index (χ0n) is 16.2. The Kier molecular flexibility index (Phi) is 5.21. The first-order valence-corrected chi connectivity index (χ1v) is 9.69. The zero-order valence-corrected chi connectivity index (χ0v) is 16.2. The molecule has 1 aliphatic rings. The van der Waals surface area contributed by atoms with Crippen molar-refractivity contribution in [1.29, 1.82) is 0 Å². The maximum Gasteiger partial charge on any atom is 0.113 e. The molecular weight excluding hydrogens is 334 g/mol. The Morgan fingerprint density at radius 3 is 2.37 bits per heavy atom. The van der Waals surface area contributed by atoms with Gasteiger partial charge in [0.25, 0.3) is 0 Å². The topological polar surface area (TPSA) is 37.2 Å². The molecular formula is C22H27N5. The number of aromatic nitrogens is 3. The number of benzene rings is 2. The fourth-order valence-corrected chi connectivity index (χ4v) is 3.54. The van der Waals surface area contributed by atoms with Crippen LogP contribution in [0.2, 0.25) is 0 Å². The third kappa shape index (κ3) is 4.19. The molecule has 2 heterocycles. The second kappa shape index (κ2) is 7.92. The Morgan fingerprint density at radius 1 is 0.852 bits per heavy atom. The largest absolute Gasteiger partial charge is 0.369 e. The molecule has 0 amide bonds. The first kappa shape index (κ1) is 17.7. The molecule has 0 saturated carbocycles. The summed E-state index contributed by atoms with van der Waals surface area (Å²) in [5.74, 6) is 0. The van der Waals surface area contributed by atoms with Crippen molar-refractivity contribution >= 4 is 5.69 Å². The van der Waals surface area contributed by atoms with Gasteiger partial charge in [0, 0.05) is 44.0 Å². The molecule has 0 spiro atoms. The summed E-state index contributed by atoms with van der Waals surface area (Å²) in [5, 5.41) is 8.59. The number of piperazine rings is 1. The summed E-state index contributed by atoms with van der Waals surface area (Å²) >= 11 is 0. The van der Waals surface area contributed by atoms with Crippen LogP contribution in [0, 0.1) is 13.8 Å². The summed E-state index contributed by atoms with van der Waals surface area (Å²) in [7, 11) is 0. The van der Waals surface area contributed by atoms with Crippen LogP contribution in [0.3, 0.4) is 0 Å². The van der Waals surface area contributed by atoms with E-state index < -0.39 is 0 Å². The van der Waals surface area contributed by atoms with Gasteiger partial charge in [-0.3, -0.25) is 9.58 Å². The third-order valence-electron chi connectivity index (χ3n) is 5.48. The number of aryl methyl sites for hydroxylation is 2. The molecule has 140 valence electrons. The second-order valence-corrected chi connectivity index (χ2v) is 7.33. The molecule has 1 aromatic heterocycles. The molecule has 3 aromatic rings. The Bertz CT molecular complexity index is 879. The summed E-state index contributed by atoms with van der Waals surface area (Å²) in [6.07, 6.45) is 2.04. The molecule has 0 unspecified atom stereocenters. The number of anilines is 1. The minimum Gasteiger partial charge on any atom is -0.369 e. The molecule has 0 atom stereocenters. The van der Waals surface area contributed by atoms with Gasteiger partial charge in [-0.25, -0.2) is 0 Å². The molecule has 1 aliphatic heterocycles. The maximum absolute atomic E-state index is 4.30. The summed E-state index contributed by atoms with van der Waals surface area (Å²) in [5.41, 5.74) is 6.14. The van der Waals surface area contributed by atoms with Crippen LogP contribution < -0.4 is 4.90 Å². The highest BCUT2D eigenvalue weighted by Gasteiger charge is 2.17. The van der Waals surface area contributed by atoms with Crippen LogP contribution in [-0.4, -0.2) is 52.6 Å². The van der Waals surface area contributed by atoms with E-state index in [4.69, 9.17) is 0 Å². The van der Waals surface area contributed by atoms with Gasteiger partial charge in [-0.1, -0.05) is 41.6 Å². The lowest BCUT2D eigenvalue weighted by atomic mass is 10.1. The van der Waals surface area contributed by atoms with E-state index in [2.05, 4.69) is 64.3 Å². The summed E-state index contributed by atoms with van der Waals surface area (Å²) in [4.78, 5) is 5.01. The predicted molar refractivity (Wildman–Crippen MR) is 110 cm³/mol. The number of nitrogens with zero attached hydrogens (tertiary/aromatic N) is 5. The Morgan fingerprint density at radius 2 is 1.63 bits per heavy atom. The van der Waals surface area contributed by atoms with E-state index in [-0.39, 0.29) is 0 Å². The molecule has 0 radical (unpaired) electrons. The van der Waals surface area contributed by atoms with Crippen LogP contribution in [-0.2, 0) is 6.54 Å². The van der Waals surface area contributed by atoms with Gasteiger partial charge in [-0.15, -0.1) is 5.10 Å². The highest BCUT2D eigenvalue weighted by Crippen LogP contribution is 2.20. The Labute approximate surface area is 161 Å². The van der Waals surface area contributed by atoms with Crippen LogP contribution in [0.5, 0.6) is 0 Å². The SMILES string of the molecule is Cc1ccc(N2CCN(CCn3cc(-c4ccccc4)nn3)CC2)cc1C. The number of rotatable bonds is 5. The van der Waals surface area contributed by atoms with Crippen LogP contribution in [0.25, 0.3) is 11.3 Å². The van der Waals surface area contributed by atoms with E-state index in [9.17, 15) is 0 Å². The van der Waals surface area contributed by atoms with E-state index in [1.54, 1.807) is 0 Å². The van der Waals surface area contributed by atoms with Crippen molar-refractivity contribution < 1.29 is 0 Å². The van der Waals surface area contributed by atoms with Crippen LogP contribution >= 0.6 is 0 Å². The van der Waals surface area contributed by atoms with Gasteiger partial charge in [-0.05, 0) is 37.1 Å². The molecule has 1 saturated heterocycles. The maximum atomic E-state index is 4.30. The molecule has 0 bridgehead atoms. The average Bonchev–Trinajstić information content (AvgIpc) is 3.19. The highest BCUT2D eigenvalue weighted by molar-refractivity contribution is 5.57. The first-order valence-electron chi connectivity index (χ1n) is 9.69. The minimum atomic E-state index is 0.878. The van der Waals surface area contributed by atoms with Gasteiger partial charge < -0.3 is 4.90 Å². The van der Waals surface area contributed by atoms with Crippen LogP contribution in [0.4, 0.5) is 5.69 Å². The van der Waals surface area contributed by atoms with E-state index in [1.165, 1.54) is 16.8 Å². The van der Waals surface area contributed by atoms with Crippen molar-refractivity contribution in [3.63, 3.8) is 0 Å². The molecule has 5 nitrogen and oxygen atoms in total. The molecule has 0 aliphatic carbocycles. The predicted octanol–water partition coefficient (Wildman–Crippen LogP) is 3.38. The van der Waals surface area contributed by atoms with Crippen molar-refractivity contribution in [1.82, 2.24) is 19.9 Å². The highest BCUT2D eigenvalue weighted by atomic mass is 15.4. The van der Waals surface area contributed by atoms with E-state index in [0.717, 1.165) is 50.5 Å². The van der Waals surface area contributed by atoms with E-state index >= 15 is 0 Å². The van der Waals surface area contributed by atoms with Gasteiger partial charge >= 0.3 is 0 Å². The van der Waals surface area contributed by atoms with Crippen molar-refractivity contribution in [3.05, 3.63) is 65.9 Å². The Hall–Kier alpha value is -2.66. The standard InChI is InChI=1S/C22H27N5/c1-18-8-9-21(16-19(18)2)26-13-10-25(11-14-26)12-15-27-17-22(23-24-27)20-6-4-3-5-7-20/h3-9,16-17H,10-15H2,1-2H3. The summed E-state index contributed by atoms with van der Waals surface area (Å²) in [6, 6.07) is 17.0. The van der Waals surface area contributed by atoms with E-state index in [1.807, 2.05) is 29.1 Å². The smallest absolute Gasteiger partial charge is 0.113 e. The molecule has 5 heteroatoms. The van der Waals surface area contributed by atoms with Crippen molar-refractivity contribution in [2.45, 2.75) is 20.4 Å². The summed E-state index contributed by atoms with van der Waals surface area (Å²) in [6.45, 7) is 10.6. The number of hydrogen-bond donors (Lipinski definition) is 0. The fraction of sp³-hybridized carbons (Fsp3) is 0.364. The van der Waals surface area contributed by atoms with Gasteiger partial charge in [0.15, 0.2) is 0 Å². The molecule has 27 heavy (non-hydrogen) atoms. The van der Waals surface area contributed by atoms with Crippen molar-refractivity contribution in [2.75, 3.05) is 37.6 Å². The van der Waals surface area contributed by atoms with Gasteiger partial charge in [0.1, 0.15) is 5.69 Å². The number of hydrogen-bond acceptors (Lipinski definition) is 4. The normalized spacial score (nSPS) is 15.3. The first-order chi connectivity index (χ1) is 13.2. The van der Waals surface area contributed by atoms with Crippen molar-refractivity contribution in [3.8, 4) is 11.3 Å².